The molecule has 1 fully saturated rings. The van der Waals surface area contributed by atoms with Gasteiger partial charge in [-0.2, -0.15) is 0 Å². The molecule has 27 heavy (non-hydrogen) atoms. The molecule has 0 bridgehead atoms. The Balaban J connectivity index is 1.73. The number of carbonyl (C=O) groups is 2. The summed E-state index contributed by atoms with van der Waals surface area (Å²) in [4.78, 5) is 31.5. The van der Waals surface area contributed by atoms with Crippen LogP contribution in [0, 0.1) is 12.8 Å². The van der Waals surface area contributed by atoms with Gasteiger partial charge in [-0.25, -0.2) is 0 Å². The van der Waals surface area contributed by atoms with Gasteiger partial charge < -0.3 is 10.2 Å². The van der Waals surface area contributed by atoms with E-state index < -0.39 is 0 Å². The van der Waals surface area contributed by atoms with Crippen LogP contribution in [-0.4, -0.2) is 34.8 Å². The first kappa shape index (κ1) is 19.1. The van der Waals surface area contributed by atoms with Gasteiger partial charge in [-0.3, -0.25) is 14.6 Å². The first-order valence-corrected chi connectivity index (χ1v) is 9.63. The Bertz CT molecular complexity index is 774. The summed E-state index contributed by atoms with van der Waals surface area (Å²) in [5, 5.41) is 3.05. The number of aromatic nitrogens is 1. The van der Waals surface area contributed by atoms with Crippen molar-refractivity contribution < 1.29 is 9.59 Å². The van der Waals surface area contributed by atoms with Crippen molar-refractivity contribution in [2.45, 2.75) is 39.2 Å². The highest BCUT2D eigenvalue weighted by Gasteiger charge is 2.39. The minimum Gasteiger partial charge on any atom is -0.355 e. The van der Waals surface area contributed by atoms with Crippen LogP contribution in [0.15, 0.2) is 48.7 Å². The van der Waals surface area contributed by atoms with Gasteiger partial charge in [-0.05, 0) is 38.0 Å². The topological polar surface area (TPSA) is 62.3 Å². The highest BCUT2D eigenvalue weighted by Crippen LogP contribution is 2.36. The number of likely N-dealkylation sites (tertiary alicyclic amines) is 1. The zero-order valence-corrected chi connectivity index (χ0v) is 16.0. The van der Waals surface area contributed by atoms with Gasteiger partial charge in [0.1, 0.15) is 0 Å². The second-order valence-electron chi connectivity index (χ2n) is 7.04. The lowest BCUT2D eigenvalue weighted by Gasteiger charge is -2.40. The van der Waals surface area contributed by atoms with Crippen LogP contribution in [0.1, 0.15) is 42.6 Å². The minimum atomic E-state index is -0.228. The number of benzene rings is 1. The molecule has 2 aromatic rings. The second-order valence-corrected chi connectivity index (χ2v) is 7.04. The van der Waals surface area contributed by atoms with E-state index in [0.717, 1.165) is 11.3 Å². The maximum Gasteiger partial charge on any atom is 0.225 e. The van der Waals surface area contributed by atoms with E-state index in [-0.39, 0.29) is 23.8 Å². The first-order chi connectivity index (χ1) is 13.1. The number of piperidine rings is 1. The molecule has 2 heterocycles. The molecule has 0 saturated carbocycles. The second kappa shape index (κ2) is 8.80. The Morgan fingerprint density at radius 1 is 1.22 bits per heavy atom. The molecule has 2 atom stereocenters. The molecule has 2 amide bonds. The minimum absolute atomic E-state index is 0.0162. The molecule has 1 aromatic heterocycles. The van der Waals surface area contributed by atoms with Crippen LogP contribution >= 0.6 is 0 Å². The van der Waals surface area contributed by atoms with Gasteiger partial charge in [0.2, 0.25) is 11.8 Å². The molecule has 0 radical (unpaired) electrons. The summed E-state index contributed by atoms with van der Waals surface area (Å²) in [6, 6.07) is 13.7. The number of amides is 2. The molecular formula is C22H27N3O2. The van der Waals surface area contributed by atoms with Gasteiger partial charge in [0.15, 0.2) is 0 Å². The van der Waals surface area contributed by atoms with E-state index in [9.17, 15) is 9.59 Å². The molecule has 1 aliphatic rings. The Labute approximate surface area is 160 Å². The molecule has 0 aliphatic carbocycles. The van der Waals surface area contributed by atoms with Crippen LogP contribution in [0.4, 0.5) is 0 Å². The Morgan fingerprint density at radius 2 is 2.00 bits per heavy atom. The molecular weight excluding hydrogens is 338 g/mol. The Hall–Kier alpha value is -2.69. The van der Waals surface area contributed by atoms with E-state index in [4.69, 9.17) is 0 Å². The zero-order chi connectivity index (χ0) is 19.2. The van der Waals surface area contributed by atoms with E-state index >= 15 is 0 Å². The molecule has 5 heteroatoms. The number of aryl methyl sites for hydroxylation is 1. The van der Waals surface area contributed by atoms with E-state index in [1.165, 1.54) is 5.56 Å². The standard InChI is InChI=1S/C22H27N3O2/c1-3-25-20(26)12-11-19(21(25)17-9-7-16(2)8-10-17)22(27)24-15-13-18-6-4-5-14-23-18/h4-10,14,19,21H,3,11-13,15H2,1-2H3,(H,24,27)/t19-,21+/m1/s1. The predicted molar refractivity (Wildman–Crippen MR) is 105 cm³/mol. The van der Waals surface area contributed by atoms with E-state index in [2.05, 4.69) is 10.3 Å². The summed E-state index contributed by atoms with van der Waals surface area (Å²) in [7, 11) is 0. The summed E-state index contributed by atoms with van der Waals surface area (Å²) in [6.45, 7) is 5.16. The summed E-state index contributed by atoms with van der Waals surface area (Å²) >= 11 is 0. The molecule has 0 unspecified atom stereocenters. The lowest BCUT2D eigenvalue weighted by atomic mass is 9.83. The van der Waals surface area contributed by atoms with E-state index in [1.54, 1.807) is 6.20 Å². The van der Waals surface area contributed by atoms with Crippen molar-refractivity contribution in [1.82, 2.24) is 15.2 Å². The molecule has 1 saturated heterocycles. The number of nitrogens with zero attached hydrogens (tertiary/aromatic N) is 2. The van der Waals surface area contributed by atoms with Crippen LogP contribution < -0.4 is 5.32 Å². The van der Waals surface area contributed by atoms with Crippen LogP contribution in [0.2, 0.25) is 0 Å². The SMILES string of the molecule is CCN1C(=O)CC[C@@H](C(=O)NCCc2ccccn2)[C@@H]1c1ccc(C)cc1. The highest BCUT2D eigenvalue weighted by molar-refractivity contribution is 5.85. The number of hydrogen-bond donors (Lipinski definition) is 1. The quantitative estimate of drug-likeness (QED) is 0.856. The van der Waals surface area contributed by atoms with Crippen molar-refractivity contribution in [3.63, 3.8) is 0 Å². The Kier molecular flexibility index (Phi) is 6.22. The summed E-state index contributed by atoms with van der Waals surface area (Å²) < 4.78 is 0. The fourth-order valence-corrected chi connectivity index (χ4v) is 3.77. The number of rotatable bonds is 6. The smallest absolute Gasteiger partial charge is 0.225 e. The third-order valence-corrected chi connectivity index (χ3v) is 5.21. The number of carbonyl (C=O) groups excluding carboxylic acids is 2. The normalized spacial score (nSPS) is 19.8. The lowest BCUT2D eigenvalue weighted by Crippen LogP contribution is -2.48. The summed E-state index contributed by atoms with van der Waals surface area (Å²) in [5.41, 5.74) is 3.16. The van der Waals surface area contributed by atoms with Gasteiger partial charge in [-0.1, -0.05) is 35.9 Å². The van der Waals surface area contributed by atoms with Crippen LogP contribution in [0.3, 0.4) is 0 Å². The van der Waals surface area contributed by atoms with Gasteiger partial charge in [0.05, 0.1) is 12.0 Å². The number of pyridine rings is 1. The average Bonchev–Trinajstić information content (AvgIpc) is 2.69. The predicted octanol–water partition coefficient (Wildman–Crippen LogP) is 3.05. The van der Waals surface area contributed by atoms with E-state index in [0.29, 0.717) is 32.4 Å². The molecule has 3 rings (SSSR count). The number of nitrogens with one attached hydrogen (secondary N) is 1. The van der Waals surface area contributed by atoms with Crippen LogP contribution in [0.25, 0.3) is 0 Å². The summed E-state index contributed by atoms with van der Waals surface area (Å²) in [6.07, 6.45) is 3.47. The molecule has 5 nitrogen and oxygen atoms in total. The molecule has 1 aromatic carbocycles. The number of hydrogen-bond acceptors (Lipinski definition) is 3. The van der Waals surface area contributed by atoms with Gasteiger partial charge in [-0.15, -0.1) is 0 Å². The first-order valence-electron chi connectivity index (χ1n) is 9.63. The van der Waals surface area contributed by atoms with E-state index in [1.807, 2.05) is 61.2 Å². The van der Waals surface area contributed by atoms with Crippen molar-refractivity contribution in [3.8, 4) is 0 Å². The molecule has 0 spiro atoms. The monoisotopic (exact) mass is 365 g/mol. The fraction of sp³-hybridized carbons (Fsp3) is 0.409. The van der Waals surface area contributed by atoms with Crippen molar-refractivity contribution in [1.29, 1.82) is 0 Å². The summed E-state index contributed by atoms with van der Waals surface area (Å²) in [5.74, 6) is -0.0860. The van der Waals surface area contributed by atoms with Crippen molar-refractivity contribution in [2.24, 2.45) is 5.92 Å². The average molecular weight is 365 g/mol. The van der Waals surface area contributed by atoms with Crippen LogP contribution in [0.5, 0.6) is 0 Å². The molecule has 1 N–H and O–H groups in total. The van der Waals surface area contributed by atoms with Crippen molar-refractivity contribution in [3.05, 3.63) is 65.5 Å². The molecule has 1 aliphatic heterocycles. The lowest BCUT2D eigenvalue weighted by molar-refractivity contribution is -0.143. The van der Waals surface area contributed by atoms with Crippen LogP contribution in [-0.2, 0) is 16.0 Å². The maximum atomic E-state index is 12.9. The molecule has 142 valence electrons. The zero-order valence-electron chi connectivity index (χ0n) is 16.0. The highest BCUT2D eigenvalue weighted by atomic mass is 16.2. The fourth-order valence-electron chi connectivity index (χ4n) is 3.77. The largest absolute Gasteiger partial charge is 0.355 e. The Morgan fingerprint density at radius 3 is 2.67 bits per heavy atom. The third kappa shape index (κ3) is 4.54. The van der Waals surface area contributed by atoms with Crippen molar-refractivity contribution in [2.75, 3.05) is 13.1 Å². The third-order valence-electron chi connectivity index (χ3n) is 5.21. The van der Waals surface area contributed by atoms with Gasteiger partial charge >= 0.3 is 0 Å². The van der Waals surface area contributed by atoms with Crippen molar-refractivity contribution >= 4 is 11.8 Å². The maximum absolute atomic E-state index is 12.9. The van der Waals surface area contributed by atoms with Gasteiger partial charge in [0.25, 0.3) is 0 Å². The van der Waals surface area contributed by atoms with Gasteiger partial charge in [0, 0.05) is 37.8 Å².